The summed E-state index contributed by atoms with van der Waals surface area (Å²) in [6.07, 6.45) is -4.07. The molecule has 2 aliphatic heterocycles. The molecule has 1 saturated heterocycles. The topological polar surface area (TPSA) is 121 Å². The second kappa shape index (κ2) is 11.8. The van der Waals surface area contributed by atoms with Crippen molar-refractivity contribution < 1.29 is 31.4 Å². The molecule has 15 heteroatoms. The molecule has 2 N–H and O–H groups in total. The highest BCUT2D eigenvalue weighted by Crippen LogP contribution is 2.44. The Morgan fingerprint density at radius 1 is 1.20 bits per heavy atom. The van der Waals surface area contributed by atoms with E-state index < -0.39 is 33.4 Å². The van der Waals surface area contributed by atoms with Crippen LogP contribution >= 0.6 is 11.3 Å². The second-order valence-corrected chi connectivity index (χ2v) is 13.0. The van der Waals surface area contributed by atoms with Crippen molar-refractivity contribution in [3.63, 3.8) is 0 Å². The van der Waals surface area contributed by atoms with Gasteiger partial charge in [-0.25, -0.2) is 23.4 Å². The minimum Gasteiger partial charge on any atom is -0.395 e. The Hall–Kier alpha value is -2.85. The molecule has 10 nitrogen and oxygen atoms in total. The van der Waals surface area contributed by atoms with Gasteiger partial charge in [0.05, 0.1) is 56.8 Å². The first-order chi connectivity index (χ1) is 19.5. The monoisotopic (exact) mass is 612 g/mol. The van der Waals surface area contributed by atoms with Gasteiger partial charge in [0.25, 0.3) is 0 Å². The number of fused-ring (bicyclic) bond motifs is 1. The Balaban J connectivity index is 1.46. The Labute approximate surface area is 240 Å². The fourth-order valence-electron chi connectivity index (χ4n) is 4.90. The van der Waals surface area contributed by atoms with Gasteiger partial charge in [-0.2, -0.15) is 13.2 Å². The van der Waals surface area contributed by atoms with Crippen molar-refractivity contribution in [3.8, 4) is 10.6 Å². The molecule has 1 unspecified atom stereocenters. The lowest BCUT2D eigenvalue weighted by Gasteiger charge is -2.35. The van der Waals surface area contributed by atoms with Crippen LogP contribution in [0.1, 0.15) is 36.1 Å². The highest BCUT2D eigenvalue weighted by molar-refractivity contribution is 7.91. The number of piperazine rings is 1. The number of anilines is 3. The number of aliphatic hydroxyl groups is 1. The van der Waals surface area contributed by atoms with E-state index in [1.54, 1.807) is 13.0 Å². The van der Waals surface area contributed by atoms with E-state index in [0.29, 0.717) is 35.4 Å². The number of nitrogens with zero attached hydrogens (tertiary/aromatic N) is 5. The van der Waals surface area contributed by atoms with Crippen molar-refractivity contribution in [3.05, 3.63) is 40.5 Å². The van der Waals surface area contributed by atoms with Gasteiger partial charge in [0, 0.05) is 38.9 Å². The summed E-state index contributed by atoms with van der Waals surface area (Å²) >= 11 is 0.929. The number of hydrogen-bond donors (Lipinski definition) is 2. The predicted molar refractivity (Wildman–Crippen MR) is 149 cm³/mol. The first-order valence-corrected chi connectivity index (χ1v) is 15.7. The lowest BCUT2D eigenvalue weighted by molar-refractivity contribution is -0.137. The van der Waals surface area contributed by atoms with Crippen LogP contribution in [0.3, 0.4) is 0 Å². The highest BCUT2D eigenvalue weighted by Gasteiger charge is 2.37. The molecule has 0 aromatic carbocycles. The summed E-state index contributed by atoms with van der Waals surface area (Å²) in [5.41, 5.74) is -0.202. The number of pyridine rings is 1. The van der Waals surface area contributed by atoms with E-state index in [0.717, 1.165) is 43.3 Å². The largest absolute Gasteiger partial charge is 0.420 e. The van der Waals surface area contributed by atoms with Gasteiger partial charge < -0.3 is 20.1 Å². The van der Waals surface area contributed by atoms with Crippen LogP contribution in [0.4, 0.5) is 30.6 Å². The number of sulfone groups is 1. The molecule has 5 rings (SSSR count). The number of hydrogen-bond acceptors (Lipinski definition) is 11. The van der Waals surface area contributed by atoms with Gasteiger partial charge in [0.1, 0.15) is 11.4 Å². The van der Waals surface area contributed by atoms with Crippen LogP contribution in [0.15, 0.2) is 29.3 Å². The SMILES string of the molecule is CCc1nc(N2CCN(CCO)CC2)ccc1Nc1ncc(C(F)(F)F)c(-c2cc3c(s2)C(C)OCCS3(=O)=O)n1. The number of ether oxygens (including phenoxy) is 1. The molecule has 0 bridgehead atoms. The summed E-state index contributed by atoms with van der Waals surface area (Å²) in [6.45, 7) is 7.52. The Morgan fingerprint density at radius 3 is 2.63 bits per heavy atom. The zero-order valence-corrected chi connectivity index (χ0v) is 24.2. The predicted octanol–water partition coefficient (Wildman–Crippen LogP) is 3.90. The highest BCUT2D eigenvalue weighted by atomic mass is 32.2. The first kappa shape index (κ1) is 29.6. The van der Waals surface area contributed by atoms with Crippen LogP contribution in [-0.2, 0) is 27.2 Å². The second-order valence-electron chi connectivity index (χ2n) is 9.82. The minimum atomic E-state index is -4.75. The number of alkyl halides is 3. The third-order valence-electron chi connectivity index (χ3n) is 7.13. The van der Waals surface area contributed by atoms with E-state index in [9.17, 15) is 21.6 Å². The van der Waals surface area contributed by atoms with Gasteiger partial charge in [-0.05, 0) is 31.5 Å². The van der Waals surface area contributed by atoms with E-state index in [2.05, 4.69) is 25.1 Å². The number of aliphatic hydroxyl groups excluding tert-OH is 1. The third kappa shape index (κ3) is 6.33. The zero-order valence-electron chi connectivity index (χ0n) is 22.6. The number of thiophene rings is 1. The Bertz CT molecular complexity index is 1510. The molecule has 41 heavy (non-hydrogen) atoms. The smallest absolute Gasteiger partial charge is 0.395 e. The van der Waals surface area contributed by atoms with Crippen molar-refractivity contribution in [2.45, 2.75) is 37.4 Å². The van der Waals surface area contributed by atoms with E-state index in [4.69, 9.17) is 14.8 Å². The maximum atomic E-state index is 14.0. The molecule has 3 aromatic heterocycles. The molecule has 0 radical (unpaired) electrons. The molecular weight excluding hydrogens is 581 g/mol. The zero-order chi connectivity index (χ0) is 29.4. The van der Waals surface area contributed by atoms with Crippen molar-refractivity contribution in [2.75, 3.05) is 61.9 Å². The van der Waals surface area contributed by atoms with Gasteiger partial charge in [0.2, 0.25) is 5.95 Å². The van der Waals surface area contributed by atoms with E-state index in [-0.39, 0.29) is 34.7 Å². The molecule has 1 fully saturated rings. The number of nitrogens with one attached hydrogen (secondary N) is 1. The maximum Gasteiger partial charge on any atom is 0.420 e. The van der Waals surface area contributed by atoms with Crippen molar-refractivity contribution in [1.82, 2.24) is 19.9 Å². The number of rotatable bonds is 7. The minimum absolute atomic E-state index is 0.0160. The van der Waals surface area contributed by atoms with Crippen LogP contribution in [-0.4, -0.2) is 85.1 Å². The molecule has 0 aliphatic carbocycles. The van der Waals surface area contributed by atoms with Gasteiger partial charge in [0.15, 0.2) is 9.84 Å². The quantitative estimate of drug-likeness (QED) is 0.407. The van der Waals surface area contributed by atoms with Crippen molar-refractivity contribution >= 4 is 38.6 Å². The van der Waals surface area contributed by atoms with Gasteiger partial charge in [-0.1, -0.05) is 6.92 Å². The maximum absolute atomic E-state index is 14.0. The number of halogens is 3. The van der Waals surface area contributed by atoms with Gasteiger partial charge >= 0.3 is 6.18 Å². The van der Waals surface area contributed by atoms with Crippen molar-refractivity contribution in [2.24, 2.45) is 0 Å². The fourth-order valence-corrected chi connectivity index (χ4v) is 7.85. The Kier molecular flexibility index (Phi) is 8.53. The molecular formula is C26H31F3N6O4S2. The number of aryl methyl sites for hydroxylation is 1. The average molecular weight is 613 g/mol. The number of aromatic nitrogens is 3. The summed E-state index contributed by atoms with van der Waals surface area (Å²) in [7, 11) is -3.72. The van der Waals surface area contributed by atoms with Crippen molar-refractivity contribution in [1.29, 1.82) is 0 Å². The van der Waals surface area contributed by atoms with Gasteiger partial charge in [-0.3, -0.25) is 4.90 Å². The standard InChI is InChI=1S/C26H31F3N6O4S2/c1-3-18-19(4-5-22(31-18)35-8-6-34(7-9-35)10-11-36)32-25-30-15-17(26(27,28)29)23(33-25)20-14-21-24(40-20)16(2)39-12-13-41(21,37)38/h4-5,14-16,36H,3,6-13H2,1-2H3,(H,30,32,33). The van der Waals surface area contributed by atoms with Crippen LogP contribution in [0.2, 0.25) is 0 Å². The van der Waals surface area contributed by atoms with Crippen LogP contribution in [0, 0.1) is 0 Å². The fraction of sp³-hybridized carbons (Fsp3) is 0.500. The molecule has 0 spiro atoms. The summed E-state index contributed by atoms with van der Waals surface area (Å²) in [5.74, 6) is 0.484. The molecule has 0 amide bonds. The molecule has 222 valence electrons. The van der Waals surface area contributed by atoms with Crippen LogP contribution < -0.4 is 10.2 Å². The molecule has 3 aromatic rings. The van der Waals surface area contributed by atoms with Crippen LogP contribution in [0.25, 0.3) is 10.6 Å². The summed E-state index contributed by atoms with van der Waals surface area (Å²) in [6, 6.07) is 4.91. The van der Waals surface area contributed by atoms with Gasteiger partial charge in [-0.15, -0.1) is 11.3 Å². The van der Waals surface area contributed by atoms with E-state index >= 15 is 0 Å². The molecule has 2 aliphatic rings. The lowest BCUT2D eigenvalue weighted by atomic mass is 10.2. The van der Waals surface area contributed by atoms with E-state index in [1.165, 1.54) is 6.07 Å². The first-order valence-electron chi connectivity index (χ1n) is 13.3. The molecule has 0 saturated carbocycles. The van der Waals surface area contributed by atoms with Crippen LogP contribution in [0.5, 0.6) is 0 Å². The third-order valence-corrected chi connectivity index (χ3v) is 10.3. The summed E-state index contributed by atoms with van der Waals surface area (Å²) in [5, 5.41) is 12.2. The molecule has 1 atom stereocenters. The average Bonchev–Trinajstić information content (AvgIpc) is 3.36. The molecule has 5 heterocycles. The summed E-state index contributed by atoms with van der Waals surface area (Å²) in [4.78, 5) is 17.7. The lowest BCUT2D eigenvalue weighted by Crippen LogP contribution is -2.47. The summed E-state index contributed by atoms with van der Waals surface area (Å²) < 4.78 is 73.1. The number of β-amino-alcohol motifs (C(OH)–C–C–N with tert-alkyl or cyclic N) is 1. The Morgan fingerprint density at radius 2 is 1.95 bits per heavy atom. The van der Waals surface area contributed by atoms with E-state index in [1.807, 2.05) is 13.0 Å². The normalized spacial score (nSPS) is 19.6.